The van der Waals surface area contributed by atoms with Gasteiger partial charge in [0.05, 0.1) is 5.56 Å². The minimum absolute atomic E-state index is 0.118. The molecule has 0 saturated carbocycles. The summed E-state index contributed by atoms with van der Waals surface area (Å²) in [6.45, 7) is 1.74. The monoisotopic (exact) mass is 442 g/mol. The summed E-state index contributed by atoms with van der Waals surface area (Å²) in [7, 11) is 0. The number of rotatable bonds is 3. The second kappa shape index (κ2) is 7.15. The second-order valence-corrected chi connectivity index (χ2v) is 7.75. The van der Waals surface area contributed by atoms with Crippen LogP contribution in [0.5, 0.6) is 17.4 Å². The average Bonchev–Trinajstić information content (AvgIpc) is 3.36. The molecule has 0 aliphatic carbocycles. The van der Waals surface area contributed by atoms with Crippen molar-refractivity contribution in [2.45, 2.75) is 25.1 Å². The van der Waals surface area contributed by atoms with Crippen molar-refractivity contribution in [1.82, 2.24) is 4.98 Å². The number of fused-ring (bicyclic) bond motifs is 2. The van der Waals surface area contributed by atoms with Crippen molar-refractivity contribution >= 4 is 11.6 Å². The van der Waals surface area contributed by atoms with Gasteiger partial charge in [0.25, 0.3) is 5.91 Å². The fraction of sp³-hybridized carbons (Fsp3) is 0.217. The van der Waals surface area contributed by atoms with Gasteiger partial charge < -0.3 is 19.5 Å². The van der Waals surface area contributed by atoms with Crippen molar-refractivity contribution < 1.29 is 32.2 Å². The van der Waals surface area contributed by atoms with Gasteiger partial charge in [-0.25, -0.2) is 4.98 Å². The van der Waals surface area contributed by atoms with Gasteiger partial charge in [0.1, 0.15) is 0 Å². The number of anilines is 1. The molecule has 2 aliphatic heterocycles. The Balaban J connectivity index is 1.42. The fourth-order valence-electron chi connectivity index (χ4n) is 3.82. The smallest absolute Gasteiger partial charge is 0.416 e. The molecule has 9 heteroatoms. The predicted molar refractivity (Wildman–Crippen MR) is 109 cm³/mol. The summed E-state index contributed by atoms with van der Waals surface area (Å²) >= 11 is 0. The Hall–Kier alpha value is -3.75. The van der Waals surface area contributed by atoms with E-state index in [1.807, 2.05) is 0 Å². The number of halogens is 3. The molecule has 2 aliphatic rings. The highest BCUT2D eigenvalue weighted by Crippen LogP contribution is 2.41. The van der Waals surface area contributed by atoms with E-state index in [-0.39, 0.29) is 19.1 Å². The number of aromatic nitrogens is 1. The number of nitrogens with one attached hydrogen (secondary N) is 1. The molecule has 1 N–H and O–H groups in total. The van der Waals surface area contributed by atoms with Crippen LogP contribution in [0.2, 0.25) is 0 Å². The largest absolute Gasteiger partial charge is 0.461 e. The Morgan fingerprint density at radius 3 is 2.72 bits per heavy atom. The SMILES string of the molecule is CC1(C(=O)Nc2ccc3c(c2)OCO3)Cc2c(-c3cccc(C(F)(F)F)c3)ccnc2O1. The molecule has 3 heterocycles. The van der Waals surface area contributed by atoms with Gasteiger partial charge in [-0.05, 0) is 48.4 Å². The van der Waals surface area contributed by atoms with E-state index in [1.54, 1.807) is 37.3 Å². The van der Waals surface area contributed by atoms with Crippen LogP contribution >= 0.6 is 0 Å². The summed E-state index contributed by atoms with van der Waals surface area (Å²) in [6, 6.07) is 11.7. The zero-order chi connectivity index (χ0) is 22.5. The minimum atomic E-state index is -4.46. The Morgan fingerprint density at radius 2 is 1.91 bits per heavy atom. The van der Waals surface area contributed by atoms with Crippen molar-refractivity contribution in [3.8, 4) is 28.5 Å². The molecule has 164 valence electrons. The first-order chi connectivity index (χ1) is 15.2. The Kier molecular flexibility index (Phi) is 4.51. The van der Waals surface area contributed by atoms with E-state index < -0.39 is 23.2 Å². The summed E-state index contributed by atoms with van der Waals surface area (Å²) in [5, 5.41) is 2.80. The predicted octanol–water partition coefficient (Wildman–Crippen LogP) is 4.83. The molecule has 5 rings (SSSR count). The molecule has 0 saturated heterocycles. The van der Waals surface area contributed by atoms with Crippen LogP contribution in [-0.4, -0.2) is 23.3 Å². The molecule has 1 unspecified atom stereocenters. The van der Waals surface area contributed by atoms with E-state index in [2.05, 4.69) is 10.3 Å². The summed E-state index contributed by atoms with van der Waals surface area (Å²) in [5.74, 6) is 0.929. The Morgan fingerprint density at radius 1 is 1.09 bits per heavy atom. The van der Waals surface area contributed by atoms with E-state index in [0.29, 0.717) is 33.9 Å². The number of nitrogens with zero attached hydrogens (tertiary/aromatic N) is 1. The Bertz CT molecular complexity index is 1230. The normalized spacial score (nSPS) is 18.8. The molecule has 1 atom stereocenters. The topological polar surface area (TPSA) is 69.7 Å². The van der Waals surface area contributed by atoms with Crippen molar-refractivity contribution in [1.29, 1.82) is 0 Å². The molecule has 0 fully saturated rings. The van der Waals surface area contributed by atoms with Crippen molar-refractivity contribution in [2.24, 2.45) is 0 Å². The molecule has 0 radical (unpaired) electrons. The molecule has 32 heavy (non-hydrogen) atoms. The van der Waals surface area contributed by atoms with Crippen LogP contribution in [0.25, 0.3) is 11.1 Å². The van der Waals surface area contributed by atoms with Crippen LogP contribution in [-0.2, 0) is 17.4 Å². The number of pyridine rings is 1. The van der Waals surface area contributed by atoms with Gasteiger partial charge in [-0.15, -0.1) is 0 Å². The maximum atomic E-state index is 13.2. The van der Waals surface area contributed by atoms with E-state index in [9.17, 15) is 18.0 Å². The number of carbonyl (C=O) groups is 1. The number of benzene rings is 2. The minimum Gasteiger partial charge on any atom is -0.461 e. The fourth-order valence-corrected chi connectivity index (χ4v) is 3.82. The van der Waals surface area contributed by atoms with Crippen LogP contribution < -0.4 is 19.5 Å². The summed E-state index contributed by atoms with van der Waals surface area (Å²) in [6.07, 6.45) is -2.85. The van der Waals surface area contributed by atoms with Crippen molar-refractivity contribution in [2.75, 3.05) is 12.1 Å². The molecule has 0 spiro atoms. The lowest BCUT2D eigenvalue weighted by Gasteiger charge is -2.22. The number of carbonyl (C=O) groups excluding carboxylic acids is 1. The summed E-state index contributed by atoms with van der Waals surface area (Å²) in [4.78, 5) is 17.2. The van der Waals surface area contributed by atoms with Crippen LogP contribution in [0, 0.1) is 0 Å². The third kappa shape index (κ3) is 3.49. The maximum Gasteiger partial charge on any atom is 0.416 e. The van der Waals surface area contributed by atoms with Gasteiger partial charge >= 0.3 is 6.18 Å². The van der Waals surface area contributed by atoms with Crippen LogP contribution in [0.1, 0.15) is 18.1 Å². The first-order valence-electron chi connectivity index (χ1n) is 9.79. The molecule has 1 aromatic heterocycles. The molecular weight excluding hydrogens is 425 g/mol. The molecule has 0 bridgehead atoms. The zero-order valence-corrected chi connectivity index (χ0v) is 16.8. The number of amides is 1. The van der Waals surface area contributed by atoms with Gasteiger partial charge in [-0.2, -0.15) is 13.2 Å². The van der Waals surface area contributed by atoms with E-state index in [1.165, 1.54) is 12.3 Å². The van der Waals surface area contributed by atoms with E-state index in [4.69, 9.17) is 14.2 Å². The number of hydrogen-bond donors (Lipinski definition) is 1. The number of ether oxygens (including phenoxy) is 3. The number of hydrogen-bond acceptors (Lipinski definition) is 5. The van der Waals surface area contributed by atoms with E-state index >= 15 is 0 Å². The highest BCUT2D eigenvalue weighted by molar-refractivity contribution is 5.98. The van der Waals surface area contributed by atoms with Gasteiger partial charge in [-0.3, -0.25) is 4.79 Å². The van der Waals surface area contributed by atoms with Crippen LogP contribution in [0.4, 0.5) is 18.9 Å². The first-order valence-corrected chi connectivity index (χ1v) is 9.79. The van der Waals surface area contributed by atoms with Gasteiger partial charge in [0.15, 0.2) is 17.1 Å². The second-order valence-electron chi connectivity index (χ2n) is 7.75. The van der Waals surface area contributed by atoms with Gasteiger partial charge in [-0.1, -0.05) is 12.1 Å². The number of alkyl halides is 3. The molecule has 1 amide bonds. The van der Waals surface area contributed by atoms with Crippen LogP contribution in [0.3, 0.4) is 0 Å². The third-order valence-electron chi connectivity index (χ3n) is 5.46. The van der Waals surface area contributed by atoms with Crippen molar-refractivity contribution in [3.05, 3.63) is 65.9 Å². The molecule has 6 nitrogen and oxygen atoms in total. The highest BCUT2D eigenvalue weighted by Gasteiger charge is 2.44. The van der Waals surface area contributed by atoms with Crippen molar-refractivity contribution in [3.63, 3.8) is 0 Å². The lowest BCUT2D eigenvalue weighted by atomic mass is 9.92. The lowest BCUT2D eigenvalue weighted by molar-refractivity contribution is -0.137. The Labute approximate surface area is 180 Å². The standard InChI is InChI=1S/C23H17F3N2O4/c1-22(21(29)28-15-5-6-18-19(10-15)31-12-30-18)11-17-16(7-8-27-20(17)32-22)13-3-2-4-14(9-13)23(24,25)26/h2-10H,11-12H2,1H3,(H,28,29). The van der Waals surface area contributed by atoms with Crippen LogP contribution in [0.15, 0.2) is 54.7 Å². The quantitative estimate of drug-likeness (QED) is 0.629. The lowest BCUT2D eigenvalue weighted by Crippen LogP contribution is -2.44. The average molecular weight is 442 g/mol. The maximum absolute atomic E-state index is 13.2. The highest BCUT2D eigenvalue weighted by atomic mass is 19.4. The summed E-state index contributed by atoms with van der Waals surface area (Å²) in [5.41, 5.74) is -0.0315. The molecule has 2 aromatic carbocycles. The molecule has 3 aromatic rings. The third-order valence-corrected chi connectivity index (χ3v) is 5.46. The van der Waals surface area contributed by atoms with Gasteiger partial charge in [0.2, 0.25) is 12.7 Å². The molecular formula is C23H17F3N2O4. The van der Waals surface area contributed by atoms with Gasteiger partial charge in [0, 0.05) is 29.9 Å². The summed E-state index contributed by atoms with van der Waals surface area (Å²) < 4.78 is 56.0. The first kappa shape index (κ1) is 20.2. The van der Waals surface area contributed by atoms with E-state index in [0.717, 1.165) is 12.1 Å². The zero-order valence-electron chi connectivity index (χ0n) is 16.8.